The van der Waals surface area contributed by atoms with Crippen molar-refractivity contribution in [3.8, 4) is 23.0 Å². The van der Waals surface area contributed by atoms with Gasteiger partial charge in [-0.1, -0.05) is 36.4 Å². The Labute approximate surface area is 175 Å². The van der Waals surface area contributed by atoms with Crippen LogP contribution in [0.1, 0.15) is 11.1 Å². The largest absolute Gasteiger partial charge is 0.504 e. The summed E-state index contributed by atoms with van der Waals surface area (Å²) in [5.74, 6) is 0.198. The molecule has 7 heteroatoms. The third kappa shape index (κ3) is 5.65. The van der Waals surface area contributed by atoms with Gasteiger partial charge in [-0.25, -0.2) is 4.79 Å². The number of hydrogen-bond donors (Lipinski definition) is 3. The zero-order chi connectivity index (χ0) is 22.1. The molecule has 0 saturated heterocycles. The molecule has 0 unspecified atom stereocenters. The van der Waals surface area contributed by atoms with Gasteiger partial charge in [0.1, 0.15) is 0 Å². The molecule has 0 spiro atoms. The summed E-state index contributed by atoms with van der Waals surface area (Å²) >= 11 is 0. The van der Waals surface area contributed by atoms with E-state index in [9.17, 15) is 15.0 Å². The standard InChI is InChI=1S/C23H25NO6/c1-28-21-12-15(6-10-19(21)25)4-8-17(18(14-24)23(27)30-3)9-5-16-7-11-20(26)22(13-16)29-2/h4-13,25-26H,14,24H2,1-3H3/b8-4+,9-5+. The van der Waals surface area contributed by atoms with E-state index in [4.69, 9.17) is 19.9 Å². The molecule has 158 valence electrons. The van der Waals surface area contributed by atoms with Crippen LogP contribution in [0.25, 0.3) is 12.2 Å². The molecule has 0 aromatic heterocycles. The third-order valence-electron chi connectivity index (χ3n) is 4.30. The van der Waals surface area contributed by atoms with Crippen molar-refractivity contribution < 1.29 is 29.2 Å². The smallest absolute Gasteiger partial charge is 0.335 e. The Hall–Kier alpha value is -3.71. The molecule has 30 heavy (non-hydrogen) atoms. The van der Waals surface area contributed by atoms with E-state index in [1.807, 2.05) is 0 Å². The predicted octanol–water partition coefficient (Wildman–Crippen LogP) is 3.27. The number of carbonyl (C=O) groups is 1. The van der Waals surface area contributed by atoms with Crippen molar-refractivity contribution >= 4 is 18.1 Å². The Kier molecular flexibility index (Phi) is 8.08. The van der Waals surface area contributed by atoms with Gasteiger partial charge in [-0.05, 0) is 41.0 Å². The van der Waals surface area contributed by atoms with Crippen LogP contribution in [0.15, 0.2) is 59.7 Å². The lowest BCUT2D eigenvalue weighted by molar-refractivity contribution is -0.136. The van der Waals surface area contributed by atoms with Crippen molar-refractivity contribution in [3.05, 3.63) is 70.8 Å². The maximum Gasteiger partial charge on any atom is 0.335 e. The molecule has 2 aromatic carbocycles. The predicted molar refractivity (Wildman–Crippen MR) is 115 cm³/mol. The Morgan fingerprint density at radius 1 is 0.900 bits per heavy atom. The summed E-state index contributed by atoms with van der Waals surface area (Å²) in [5.41, 5.74) is 8.13. The van der Waals surface area contributed by atoms with Gasteiger partial charge in [0.2, 0.25) is 0 Å². The lowest BCUT2D eigenvalue weighted by Crippen LogP contribution is -2.16. The van der Waals surface area contributed by atoms with Gasteiger partial charge in [-0.3, -0.25) is 0 Å². The number of hydrogen-bond acceptors (Lipinski definition) is 7. The molecule has 0 aliphatic carbocycles. The molecule has 0 atom stereocenters. The Bertz CT molecular complexity index is 926. The van der Waals surface area contributed by atoms with Gasteiger partial charge in [0, 0.05) is 6.54 Å². The average Bonchev–Trinajstić information content (AvgIpc) is 2.77. The summed E-state index contributed by atoms with van der Waals surface area (Å²) in [6, 6.07) is 9.79. The number of aromatic hydroxyl groups is 2. The van der Waals surface area contributed by atoms with Crippen molar-refractivity contribution in [1.29, 1.82) is 0 Å². The maximum atomic E-state index is 12.2. The van der Waals surface area contributed by atoms with Crippen LogP contribution in [0.5, 0.6) is 23.0 Å². The number of nitrogens with two attached hydrogens (primary N) is 1. The van der Waals surface area contributed by atoms with Crippen LogP contribution in [0.3, 0.4) is 0 Å². The van der Waals surface area contributed by atoms with Gasteiger partial charge >= 0.3 is 5.97 Å². The van der Waals surface area contributed by atoms with Crippen molar-refractivity contribution in [1.82, 2.24) is 0 Å². The first-order valence-electron chi connectivity index (χ1n) is 9.05. The second-order valence-electron chi connectivity index (χ2n) is 6.16. The van der Waals surface area contributed by atoms with E-state index in [-0.39, 0.29) is 18.0 Å². The van der Waals surface area contributed by atoms with Crippen molar-refractivity contribution in [2.45, 2.75) is 0 Å². The maximum absolute atomic E-state index is 12.2. The molecule has 0 radical (unpaired) electrons. The van der Waals surface area contributed by atoms with E-state index >= 15 is 0 Å². The number of phenolic OH excluding ortho intramolecular Hbond substituents is 2. The number of methoxy groups -OCH3 is 3. The topological polar surface area (TPSA) is 111 Å². The minimum Gasteiger partial charge on any atom is -0.504 e. The van der Waals surface area contributed by atoms with Crippen LogP contribution in [0.4, 0.5) is 0 Å². The average molecular weight is 411 g/mol. The highest BCUT2D eigenvalue weighted by molar-refractivity contribution is 5.91. The fourth-order valence-electron chi connectivity index (χ4n) is 2.67. The molecule has 0 aliphatic rings. The monoisotopic (exact) mass is 411 g/mol. The van der Waals surface area contributed by atoms with Crippen molar-refractivity contribution in [2.24, 2.45) is 5.73 Å². The summed E-state index contributed by atoms with van der Waals surface area (Å²) in [6.45, 7) is -0.0194. The van der Waals surface area contributed by atoms with Crippen LogP contribution >= 0.6 is 0 Å². The minimum absolute atomic E-state index is 0.0194. The number of benzene rings is 2. The molecule has 0 fully saturated rings. The van der Waals surface area contributed by atoms with Crippen LogP contribution in [-0.4, -0.2) is 44.1 Å². The molecule has 7 nitrogen and oxygen atoms in total. The lowest BCUT2D eigenvalue weighted by atomic mass is 10.0. The van der Waals surface area contributed by atoms with Gasteiger partial charge in [-0.2, -0.15) is 0 Å². The summed E-state index contributed by atoms with van der Waals surface area (Å²) < 4.78 is 15.1. The van der Waals surface area contributed by atoms with Crippen molar-refractivity contribution in [3.63, 3.8) is 0 Å². The van der Waals surface area contributed by atoms with Gasteiger partial charge in [-0.15, -0.1) is 0 Å². The molecule has 0 bridgehead atoms. The van der Waals surface area contributed by atoms with E-state index in [1.165, 1.54) is 33.5 Å². The number of rotatable bonds is 8. The first-order valence-corrected chi connectivity index (χ1v) is 9.05. The molecule has 0 aliphatic heterocycles. The van der Waals surface area contributed by atoms with Gasteiger partial charge in [0.25, 0.3) is 0 Å². The summed E-state index contributed by atoms with van der Waals surface area (Å²) in [5, 5.41) is 19.5. The quantitative estimate of drug-likeness (QED) is 0.347. The van der Waals surface area contributed by atoms with Crippen molar-refractivity contribution in [2.75, 3.05) is 27.9 Å². The summed E-state index contributed by atoms with van der Waals surface area (Å²) in [6.07, 6.45) is 6.97. The number of ether oxygens (including phenoxy) is 3. The fourth-order valence-corrected chi connectivity index (χ4v) is 2.67. The highest BCUT2D eigenvalue weighted by atomic mass is 16.5. The number of carbonyl (C=O) groups excluding carboxylic acids is 1. The zero-order valence-corrected chi connectivity index (χ0v) is 17.1. The van der Waals surface area contributed by atoms with Gasteiger partial charge in [0.05, 0.1) is 26.9 Å². The molecule has 0 saturated carbocycles. The van der Waals surface area contributed by atoms with E-state index in [1.54, 1.807) is 48.6 Å². The van der Waals surface area contributed by atoms with E-state index in [0.717, 1.165) is 11.1 Å². The lowest BCUT2D eigenvalue weighted by Gasteiger charge is -2.07. The zero-order valence-electron chi connectivity index (χ0n) is 17.1. The molecule has 4 N–H and O–H groups in total. The first kappa shape index (κ1) is 22.6. The Balaban J connectivity index is 2.45. The van der Waals surface area contributed by atoms with Crippen LogP contribution in [0, 0.1) is 0 Å². The number of esters is 1. The van der Waals surface area contributed by atoms with Crippen LogP contribution in [-0.2, 0) is 9.53 Å². The summed E-state index contributed by atoms with van der Waals surface area (Å²) in [7, 11) is 4.22. The van der Waals surface area contributed by atoms with E-state index < -0.39 is 5.97 Å². The highest BCUT2D eigenvalue weighted by Crippen LogP contribution is 2.28. The van der Waals surface area contributed by atoms with Crippen LogP contribution < -0.4 is 15.2 Å². The normalized spacial score (nSPS) is 10.9. The SMILES string of the molecule is COC(=O)C(CN)=C(/C=C/c1ccc(O)c(OC)c1)/C=C/c1ccc(O)c(OC)c1. The minimum atomic E-state index is -0.534. The molecule has 0 amide bonds. The molecular weight excluding hydrogens is 386 g/mol. The third-order valence-corrected chi connectivity index (χ3v) is 4.30. The van der Waals surface area contributed by atoms with E-state index in [2.05, 4.69) is 0 Å². The molecule has 2 rings (SSSR count). The fraction of sp³-hybridized carbons (Fsp3) is 0.174. The summed E-state index contributed by atoms with van der Waals surface area (Å²) in [4.78, 5) is 12.2. The molecule has 2 aromatic rings. The number of allylic oxidation sites excluding steroid dienone is 3. The molecular formula is C23H25NO6. The first-order chi connectivity index (χ1) is 14.4. The van der Waals surface area contributed by atoms with Gasteiger partial charge in [0.15, 0.2) is 23.0 Å². The van der Waals surface area contributed by atoms with E-state index in [0.29, 0.717) is 22.6 Å². The highest BCUT2D eigenvalue weighted by Gasteiger charge is 2.11. The molecule has 0 heterocycles. The second-order valence-corrected chi connectivity index (χ2v) is 6.16. The Morgan fingerprint density at radius 3 is 1.73 bits per heavy atom. The van der Waals surface area contributed by atoms with Gasteiger partial charge < -0.3 is 30.2 Å². The second kappa shape index (κ2) is 10.7. The Morgan fingerprint density at radius 2 is 1.37 bits per heavy atom. The number of phenols is 2. The van der Waals surface area contributed by atoms with Crippen LogP contribution in [0.2, 0.25) is 0 Å².